The Morgan fingerprint density at radius 3 is 2.65 bits per heavy atom. The van der Waals surface area contributed by atoms with Gasteiger partial charge in [-0.25, -0.2) is 4.79 Å². The standard InChI is InChI=1S/C16H20BrNO5/c1-22-13-4-2-11(10-12(13)17)3-5-14(19)18-16(15(20)21)6-8-23-9-7-16/h2,4,10H,3,5-9H2,1H3,(H,18,19)(H,20,21). The molecule has 7 heteroatoms. The van der Waals surface area contributed by atoms with Crippen molar-refractivity contribution < 1.29 is 24.2 Å². The summed E-state index contributed by atoms with van der Waals surface area (Å²) in [7, 11) is 1.59. The Labute approximate surface area is 143 Å². The van der Waals surface area contributed by atoms with E-state index in [1.807, 2.05) is 18.2 Å². The fraction of sp³-hybridized carbons (Fsp3) is 0.500. The molecule has 0 spiro atoms. The monoisotopic (exact) mass is 385 g/mol. The number of methoxy groups -OCH3 is 1. The van der Waals surface area contributed by atoms with Gasteiger partial charge in [0.25, 0.3) is 0 Å². The number of carbonyl (C=O) groups is 2. The maximum absolute atomic E-state index is 12.2. The van der Waals surface area contributed by atoms with Gasteiger partial charge in [-0.15, -0.1) is 0 Å². The van der Waals surface area contributed by atoms with E-state index >= 15 is 0 Å². The van der Waals surface area contributed by atoms with E-state index in [1.165, 1.54) is 0 Å². The molecular weight excluding hydrogens is 366 g/mol. The molecule has 1 aromatic rings. The number of aryl methyl sites for hydroxylation is 1. The van der Waals surface area contributed by atoms with Crippen molar-refractivity contribution in [3.63, 3.8) is 0 Å². The van der Waals surface area contributed by atoms with E-state index in [0.29, 0.717) is 32.5 Å². The summed E-state index contributed by atoms with van der Waals surface area (Å²) in [6, 6.07) is 5.61. The van der Waals surface area contributed by atoms with E-state index in [2.05, 4.69) is 21.2 Å². The first-order valence-electron chi connectivity index (χ1n) is 7.41. The highest BCUT2D eigenvalue weighted by atomic mass is 79.9. The third kappa shape index (κ3) is 4.45. The van der Waals surface area contributed by atoms with Gasteiger partial charge >= 0.3 is 5.97 Å². The van der Waals surface area contributed by atoms with Gasteiger partial charge in [-0.3, -0.25) is 4.79 Å². The van der Waals surface area contributed by atoms with Crippen molar-refractivity contribution in [1.29, 1.82) is 0 Å². The van der Waals surface area contributed by atoms with Crippen LogP contribution in [0.3, 0.4) is 0 Å². The van der Waals surface area contributed by atoms with Gasteiger partial charge in [-0.05, 0) is 40.0 Å². The van der Waals surface area contributed by atoms with E-state index in [0.717, 1.165) is 15.8 Å². The van der Waals surface area contributed by atoms with Crippen LogP contribution in [0.25, 0.3) is 0 Å². The van der Waals surface area contributed by atoms with Crippen LogP contribution in [-0.4, -0.2) is 42.8 Å². The van der Waals surface area contributed by atoms with Crippen LogP contribution in [0, 0.1) is 0 Å². The molecule has 2 N–H and O–H groups in total. The maximum Gasteiger partial charge on any atom is 0.329 e. The number of rotatable bonds is 6. The molecule has 0 unspecified atom stereocenters. The van der Waals surface area contributed by atoms with Crippen LogP contribution in [0.15, 0.2) is 22.7 Å². The summed E-state index contributed by atoms with van der Waals surface area (Å²) in [6.07, 6.45) is 1.35. The number of halogens is 1. The minimum absolute atomic E-state index is 0.231. The van der Waals surface area contributed by atoms with Gasteiger partial charge in [0.1, 0.15) is 11.3 Å². The molecule has 1 aliphatic heterocycles. The molecule has 0 saturated carbocycles. The number of carboxylic acid groups (broad SMARTS) is 1. The molecule has 23 heavy (non-hydrogen) atoms. The molecule has 0 bridgehead atoms. The van der Waals surface area contributed by atoms with Crippen molar-refractivity contribution in [3.8, 4) is 5.75 Å². The van der Waals surface area contributed by atoms with Crippen molar-refractivity contribution in [1.82, 2.24) is 5.32 Å². The van der Waals surface area contributed by atoms with E-state index in [9.17, 15) is 14.7 Å². The quantitative estimate of drug-likeness (QED) is 0.783. The molecule has 2 rings (SSSR count). The first-order valence-corrected chi connectivity index (χ1v) is 8.21. The van der Waals surface area contributed by atoms with Gasteiger partial charge in [0, 0.05) is 32.5 Å². The number of hydrogen-bond acceptors (Lipinski definition) is 4. The number of ether oxygens (including phenoxy) is 2. The second kappa shape index (κ2) is 7.79. The largest absolute Gasteiger partial charge is 0.496 e. The molecule has 6 nitrogen and oxygen atoms in total. The van der Waals surface area contributed by atoms with Gasteiger partial charge in [-0.2, -0.15) is 0 Å². The Bertz CT molecular complexity index is 584. The van der Waals surface area contributed by atoms with Crippen LogP contribution in [0.4, 0.5) is 0 Å². The SMILES string of the molecule is COc1ccc(CCC(=O)NC2(C(=O)O)CCOCC2)cc1Br. The number of carboxylic acids is 1. The molecule has 1 aromatic carbocycles. The predicted octanol–water partition coefficient (Wildman–Crippen LogP) is 2.14. The van der Waals surface area contributed by atoms with Crippen LogP contribution in [0.5, 0.6) is 5.75 Å². The average Bonchev–Trinajstić information content (AvgIpc) is 2.54. The summed E-state index contributed by atoms with van der Waals surface area (Å²) < 4.78 is 11.2. The molecular formula is C16H20BrNO5. The number of aliphatic carboxylic acids is 1. The zero-order valence-electron chi connectivity index (χ0n) is 12.9. The van der Waals surface area contributed by atoms with Gasteiger partial charge in [-0.1, -0.05) is 6.07 Å². The normalized spacial score (nSPS) is 16.6. The highest BCUT2D eigenvalue weighted by molar-refractivity contribution is 9.10. The molecule has 1 heterocycles. The van der Waals surface area contributed by atoms with E-state index in [4.69, 9.17) is 9.47 Å². The summed E-state index contributed by atoms with van der Waals surface area (Å²) in [6.45, 7) is 0.690. The molecule has 0 atom stereocenters. The smallest absolute Gasteiger partial charge is 0.329 e. The van der Waals surface area contributed by atoms with E-state index < -0.39 is 11.5 Å². The van der Waals surface area contributed by atoms with Crippen LogP contribution in [0.2, 0.25) is 0 Å². The Morgan fingerprint density at radius 1 is 1.39 bits per heavy atom. The molecule has 1 amide bonds. The van der Waals surface area contributed by atoms with E-state index in [1.54, 1.807) is 7.11 Å². The Kier molecular flexibility index (Phi) is 6.01. The lowest BCUT2D eigenvalue weighted by Crippen LogP contribution is -2.57. The van der Waals surface area contributed by atoms with Gasteiger partial charge in [0.2, 0.25) is 5.91 Å². The molecule has 1 aliphatic rings. The lowest BCUT2D eigenvalue weighted by molar-refractivity contribution is -0.152. The maximum atomic E-state index is 12.2. The second-order valence-corrected chi connectivity index (χ2v) is 6.37. The fourth-order valence-electron chi connectivity index (χ4n) is 2.56. The van der Waals surface area contributed by atoms with Crippen molar-refractivity contribution in [2.45, 2.75) is 31.2 Å². The summed E-state index contributed by atoms with van der Waals surface area (Å²) in [5.74, 6) is -0.534. The first kappa shape index (κ1) is 17.7. The number of benzene rings is 1. The average molecular weight is 386 g/mol. The van der Waals surface area contributed by atoms with Crippen molar-refractivity contribution >= 4 is 27.8 Å². The van der Waals surface area contributed by atoms with E-state index in [-0.39, 0.29) is 12.3 Å². The van der Waals surface area contributed by atoms with Crippen LogP contribution in [-0.2, 0) is 20.7 Å². The minimum atomic E-state index is -1.20. The molecule has 126 valence electrons. The predicted molar refractivity (Wildman–Crippen MR) is 87.6 cm³/mol. The van der Waals surface area contributed by atoms with Gasteiger partial charge in [0.15, 0.2) is 0 Å². The minimum Gasteiger partial charge on any atom is -0.496 e. The lowest BCUT2D eigenvalue weighted by atomic mass is 9.90. The van der Waals surface area contributed by atoms with Crippen molar-refractivity contribution in [2.24, 2.45) is 0 Å². The molecule has 0 aliphatic carbocycles. The number of amides is 1. The molecule has 1 saturated heterocycles. The van der Waals surface area contributed by atoms with Crippen LogP contribution >= 0.6 is 15.9 Å². The highest BCUT2D eigenvalue weighted by Crippen LogP contribution is 2.26. The summed E-state index contributed by atoms with van der Waals surface area (Å²) >= 11 is 3.40. The van der Waals surface area contributed by atoms with Crippen LogP contribution in [0.1, 0.15) is 24.8 Å². The fourth-order valence-corrected chi connectivity index (χ4v) is 3.15. The zero-order valence-corrected chi connectivity index (χ0v) is 14.5. The summed E-state index contributed by atoms with van der Waals surface area (Å²) in [4.78, 5) is 23.7. The third-order valence-corrected chi connectivity index (χ3v) is 4.61. The Hall–Kier alpha value is -1.60. The summed E-state index contributed by atoms with van der Waals surface area (Å²) in [5.41, 5.74) is -0.222. The number of carbonyl (C=O) groups excluding carboxylic acids is 1. The Balaban J connectivity index is 1.94. The van der Waals surface area contributed by atoms with Crippen molar-refractivity contribution in [2.75, 3.05) is 20.3 Å². The lowest BCUT2D eigenvalue weighted by Gasteiger charge is -2.33. The number of hydrogen-bond donors (Lipinski definition) is 2. The first-order chi connectivity index (χ1) is 11.0. The topological polar surface area (TPSA) is 84.9 Å². The zero-order chi connectivity index (χ0) is 16.9. The second-order valence-electron chi connectivity index (χ2n) is 5.52. The highest BCUT2D eigenvalue weighted by Gasteiger charge is 2.41. The molecule has 0 aromatic heterocycles. The molecule has 1 fully saturated rings. The Morgan fingerprint density at radius 2 is 2.09 bits per heavy atom. The van der Waals surface area contributed by atoms with Crippen LogP contribution < -0.4 is 10.1 Å². The summed E-state index contributed by atoms with van der Waals surface area (Å²) in [5, 5.41) is 12.1. The van der Waals surface area contributed by atoms with Gasteiger partial charge < -0.3 is 19.9 Å². The number of nitrogens with one attached hydrogen (secondary N) is 1. The van der Waals surface area contributed by atoms with Gasteiger partial charge in [0.05, 0.1) is 11.6 Å². The van der Waals surface area contributed by atoms with Crippen molar-refractivity contribution in [3.05, 3.63) is 28.2 Å². The molecule has 0 radical (unpaired) electrons. The third-order valence-electron chi connectivity index (χ3n) is 3.99.